The van der Waals surface area contributed by atoms with Crippen molar-refractivity contribution in [3.05, 3.63) is 153 Å². The molecule has 0 aliphatic carbocycles. The zero-order valence-electron chi connectivity index (χ0n) is 20.4. The molecule has 1 aromatic heterocycles. The van der Waals surface area contributed by atoms with Crippen LogP contribution in [0.15, 0.2) is 131 Å². The Balaban J connectivity index is 1.60. The highest BCUT2D eigenvalue weighted by atomic mass is 79.9. The summed E-state index contributed by atoms with van der Waals surface area (Å²) in [5, 5.41) is 0.664. The molecule has 1 aliphatic heterocycles. The quantitative estimate of drug-likeness (QED) is 0.191. The molecular weight excluding hydrogens is 554 g/mol. The van der Waals surface area contributed by atoms with Gasteiger partial charge in [-0.3, -0.25) is 4.79 Å². The number of nitrogens with zero attached hydrogens (tertiary/aromatic N) is 1. The Morgan fingerprint density at radius 1 is 0.737 bits per heavy atom. The second kappa shape index (κ2) is 10.4. The molecule has 0 radical (unpaired) electrons. The molecule has 0 unspecified atom stereocenters. The number of benzene rings is 4. The van der Waals surface area contributed by atoms with Crippen LogP contribution >= 0.6 is 27.5 Å². The summed E-state index contributed by atoms with van der Waals surface area (Å²) in [4.78, 5) is 14.1. The van der Waals surface area contributed by atoms with Gasteiger partial charge in [-0.2, -0.15) is 0 Å². The van der Waals surface area contributed by atoms with Crippen LogP contribution in [-0.4, -0.2) is 10.4 Å². The predicted octanol–water partition coefficient (Wildman–Crippen LogP) is 9.60. The van der Waals surface area contributed by atoms with E-state index in [-0.39, 0.29) is 5.78 Å². The molecule has 0 amide bonds. The van der Waals surface area contributed by atoms with Crippen LogP contribution in [0.5, 0.6) is 0 Å². The molecule has 5 aromatic rings. The van der Waals surface area contributed by atoms with Crippen LogP contribution in [-0.2, 0) is 6.54 Å². The third kappa shape index (κ3) is 4.71. The fourth-order valence-electron chi connectivity index (χ4n) is 4.97. The van der Waals surface area contributed by atoms with Gasteiger partial charge in [0, 0.05) is 38.4 Å². The van der Waals surface area contributed by atoms with Gasteiger partial charge < -0.3 is 4.57 Å². The van der Waals surface area contributed by atoms with Crippen molar-refractivity contribution in [1.82, 2.24) is 4.57 Å². The molecular formula is C34H23BrClNO. The van der Waals surface area contributed by atoms with E-state index in [4.69, 9.17) is 11.6 Å². The normalized spacial score (nSPS) is 12.8. The maximum atomic E-state index is 14.1. The molecule has 2 heterocycles. The summed E-state index contributed by atoms with van der Waals surface area (Å²) in [6, 6.07) is 38.2. The van der Waals surface area contributed by atoms with Crippen LogP contribution < -0.4 is 0 Å². The smallest absolute Gasteiger partial charge is 0.193 e. The van der Waals surface area contributed by atoms with Gasteiger partial charge in [-0.15, -0.1) is 0 Å². The first-order valence-electron chi connectivity index (χ1n) is 12.4. The number of ketones is 1. The third-order valence-electron chi connectivity index (χ3n) is 6.85. The lowest BCUT2D eigenvalue weighted by molar-refractivity contribution is 0.104. The second-order valence-electron chi connectivity index (χ2n) is 9.19. The van der Waals surface area contributed by atoms with E-state index in [0.717, 1.165) is 43.7 Å². The Kier molecular flexibility index (Phi) is 6.71. The van der Waals surface area contributed by atoms with Gasteiger partial charge in [0.05, 0.1) is 5.69 Å². The largest absolute Gasteiger partial charge is 0.337 e. The van der Waals surface area contributed by atoms with Crippen molar-refractivity contribution in [2.45, 2.75) is 6.54 Å². The van der Waals surface area contributed by atoms with Crippen molar-refractivity contribution in [1.29, 1.82) is 0 Å². The monoisotopic (exact) mass is 575 g/mol. The lowest BCUT2D eigenvalue weighted by Gasteiger charge is -2.12. The summed E-state index contributed by atoms with van der Waals surface area (Å²) in [6.07, 6.45) is 4.22. The summed E-state index contributed by atoms with van der Waals surface area (Å²) in [5.41, 5.74) is 8.61. The summed E-state index contributed by atoms with van der Waals surface area (Å²) >= 11 is 9.70. The average molecular weight is 577 g/mol. The van der Waals surface area contributed by atoms with Crippen molar-refractivity contribution >= 4 is 45.0 Å². The van der Waals surface area contributed by atoms with E-state index >= 15 is 0 Å². The summed E-state index contributed by atoms with van der Waals surface area (Å²) in [5.74, 6) is -0.0198. The molecule has 38 heavy (non-hydrogen) atoms. The second-order valence-corrected chi connectivity index (χ2v) is 10.5. The fourth-order valence-corrected chi connectivity index (χ4v) is 5.36. The molecule has 0 bridgehead atoms. The number of aromatic nitrogens is 1. The van der Waals surface area contributed by atoms with Crippen LogP contribution in [0.1, 0.15) is 21.6 Å². The van der Waals surface area contributed by atoms with Gasteiger partial charge in [0.1, 0.15) is 0 Å². The molecule has 0 saturated heterocycles. The van der Waals surface area contributed by atoms with E-state index < -0.39 is 0 Å². The standard InChI is InChI=1S/C34H23BrClNO/c35-27-15-11-26(12-16-27)34(38)31-22-33-30(23-7-3-1-4-8-23)21-32(25-9-5-2-6-10-25)37(33)20-19-29(31)24-13-17-28(36)18-14-24/h1-19,21-22H,20H2. The zero-order valence-corrected chi connectivity index (χ0v) is 22.8. The molecule has 4 heteroatoms. The number of Topliss-reactive ketones (excluding diaryl/α,β-unsaturated/α-hetero) is 1. The van der Waals surface area contributed by atoms with Gasteiger partial charge in [-0.05, 0) is 70.8 Å². The van der Waals surface area contributed by atoms with E-state index in [2.05, 4.69) is 75.1 Å². The van der Waals surface area contributed by atoms with E-state index in [1.165, 1.54) is 0 Å². The molecule has 4 aromatic carbocycles. The Morgan fingerprint density at radius 2 is 1.37 bits per heavy atom. The minimum Gasteiger partial charge on any atom is -0.337 e. The van der Waals surface area contributed by atoms with E-state index in [9.17, 15) is 4.79 Å². The SMILES string of the molecule is O=C(C1=Cc2c(-c3ccccc3)cc(-c3ccccc3)n2CC=C1c1ccc(Cl)cc1)c1ccc(Br)cc1. The molecule has 1 aliphatic rings. The highest BCUT2D eigenvalue weighted by Crippen LogP contribution is 2.39. The summed E-state index contributed by atoms with van der Waals surface area (Å²) in [7, 11) is 0. The van der Waals surface area contributed by atoms with Gasteiger partial charge in [0.15, 0.2) is 5.78 Å². The van der Waals surface area contributed by atoms with Crippen molar-refractivity contribution in [3.63, 3.8) is 0 Å². The molecule has 184 valence electrons. The van der Waals surface area contributed by atoms with Gasteiger partial charge in [0.25, 0.3) is 0 Å². The number of hydrogen-bond acceptors (Lipinski definition) is 1. The van der Waals surface area contributed by atoms with Gasteiger partial charge in [0.2, 0.25) is 0 Å². The van der Waals surface area contributed by atoms with Crippen molar-refractivity contribution in [3.8, 4) is 22.4 Å². The fraction of sp³-hybridized carbons (Fsp3) is 0.0294. The molecule has 6 rings (SSSR count). The molecule has 0 N–H and O–H groups in total. The third-order valence-corrected chi connectivity index (χ3v) is 7.63. The van der Waals surface area contributed by atoms with Gasteiger partial charge >= 0.3 is 0 Å². The topological polar surface area (TPSA) is 22.0 Å². The minimum atomic E-state index is -0.0198. The molecule has 0 fully saturated rings. The van der Waals surface area contributed by atoms with Crippen LogP contribution in [0.4, 0.5) is 0 Å². The number of fused-ring (bicyclic) bond motifs is 1. The Labute approximate surface area is 235 Å². The predicted molar refractivity (Wildman–Crippen MR) is 161 cm³/mol. The first-order valence-corrected chi connectivity index (χ1v) is 13.6. The maximum Gasteiger partial charge on any atom is 0.193 e. The molecule has 2 nitrogen and oxygen atoms in total. The lowest BCUT2D eigenvalue weighted by atomic mass is 9.90. The van der Waals surface area contributed by atoms with E-state index in [1.807, 2.05) is 72.8 Å². The highest BCUT2D eigenvalue weighted by Gasteiger charge is 2.24. The average Bonchev–Trinajstić information content (AvgIpc) is 3.20. The van der Waals surface area contributed by atoms with E-state index in [0.29, 0.717) is 22.7 Å². The van der Waals surface area contributed by atoms with Gasteiger partial charge in [-0.1, -0.05) is 106 Å². The van der Waals surface area contributed by atoms with Crippen LogP contribution in [0.2, 0.25) is 5.02 Å². The number of rotatable bonds is 5. The number of carbonyl (C=O) groups is 1. The first-order chi connectivity index (χ1) is 18.6. The first kappa shape index (κ1) is 24.4. The van der Waals surface area contributed by atoms with E-state index in [1.54, 1.807) is 0 Å². The Hall–Kier alpha value is -3.92. The number of halogens is 2. The summed E-state index contributed by atoms with van der Waals surface area (Å²) in [6.45, 7) is 0.623. The van der Waals surface area contributed by atoms with Gasteiger partial charge in [-0.25, -0.2) is 0 Å². The van der Waals surface area contributed by atoms with Crippen LogP contribution in [0, 0.1) is 0 Å². The van der Waals surface area contributed by atoms with Crippen LogP contribution in [0.3, 0.4) is 0 Å². The molecule has 0 atom stereocenters. The highest BCUT2D eigenvalue weighted by molar-refractivity contribution is 9.10. The maximum absolute atomic E-state index is 14.1. The number of carbonyl (C=O) groups excluding carboxylic acids is 1. The zero-order chi connectivity index (χ0) is 26.1. The van der Waals surface area contributed by atoms with Crippen molar-refractivity contribution < 1.29 is 4.79 Å². The van der Waals surface area contributed by atoms with Crippen LogP contribution in [0.25, 0.3) is 34.0 Å². The van der Waals surface area contributed by atoms with Crippen molar-refractivity contribution in [2.75, 3.05) is 0 Å². The van der Waals surface area contributed by atoms with Crippen molar-refractivity contribution in [2.24, 2.45) is 0 Å². The number of hydrogen-bond donors (Lipinski definition) is 0. The molecule has 0 saturated carbocycles. The lowest BCUT2D eigenvalue weighted by Crippen LogP contribution is -2.06. The minimum absolute atomic E-state index is 0.0198. The molecule has 0 spiro atoms. The Morgan fingerprint density at radius 3 is 2.03 bits per heavy atom. The number of allylic oxidation sites excluding steroid dienone is 3. The Bertz CT molecular complexity index is 1680. The summed E-state index contributed by atoms with van der Waals surface area (Å²) < 4.78 is 3.24.